The molecular weight excluding hydrogens is 286 g/mol. The van der Waals surface area contributed by atoms with E-state index < -0.39 is 3.23 Å². The van der Waals surface area contributed by atoms with E-state index in [1.54, 1.807) is 0 Å². The molecule has 1 amide bonds. The number of halogens is 2. The molecule has 0 aromatic rings. The van der Waals surface area contributed by atoms with Crippen molar-refractivity contribution in [1.82, 2.24) is 4.90 Å². The van der Waals surface area contributed by atoms with Gasteiger partial charge in [0.2, 0.25) is 5.91 Å². The second-order valence-corrected chi connectivity index (χ2v) is 6.87. The topological polar surface area (TPSA) is 20.3 Å². The zero-order valence-corrected chi connectivity index (χ0v) is 10.3. The fraction of sp³-hybridized carbons (Fsp3) is 0.875. The van der Waals surface area contributed by atoms with Crippen LogP contribution in [-0.4, -0.2) is 27.1 Å². The van der Waals surface area contributed by atoms with Crippen molar-refractivity contribution in [3.05, 3.63) is 0 Å². The summed E-state index contributed by atoms with van der Waals surface area (Å²) in [5.74, 6) is 0.176. The fourth-order valence-electron chi connectivity index (χ4n) is 1.42. The first-order valence-corrected chi connectivity index (χ1v) is 5.83. The molecule has 1 saturated heterocycles. The average Bonchev–Trinajstić information content (AvgIpc) is 1.99. The van der Waals surface area contributed by atoms with Gasteiger partial charge in [-0.1, -0.05) is 38.8 Å². The summed E-state index contributed by atoms with van der Waals surface area (Å²) >= 11 is 6.79. The van der Waals surface area contributed by atoms with Crippen molar-refractivity contribution in [2.75, 3.05) is 13.1 Å². The molecular formula is C8H13Br2NO. The van der Waals surface area contributed by atoms with Crippen molar-refractivity contribution in [3.63, 3.8) is 0 Å². The van der Waals surface area contributed by atoms with Crippen molar-refractivity contribution in [1.29, 1.82) is 0 Å². The van der Waals surface area contributed by atoms with Crippen LogP contribution in [-0.2, 0) is 4.79 Å². The summed E-state index contributed by atoms with van der Waals surface area (Å²) in [6.07, 6.45) is 2.98. The molecule has 0 aromatic carbocycles. The highest BCUT2D eigenvalue weighted by Crippen LogP contribution is 2.36. The Morgan fingerprint density at radius 3 is 2.83 bits per heavy atom. The van der Waals surface area contributed by atoms with Gasteiger partial charge in [0.15, 0.2) is 3.23 Å². The Labute approximate surface area is 89.9 Å². The molecule has 0 radical (unpaired) electrons. The molecule has 70 valence electrons. The predicted molar refractivity (Wildman–Crippen MR) is 56.7 cm³/mol. The first-order valence-electron chi connectivity index (χ1n) is 4.25. The molecule has 1 aliphatic rings. The van der Waals surface area contributed by atoms with E-state index in [-0.39, 0.29) is 5.91 Å². The van der Waals surface area contributed by atoms with Crippen molar-refractivity contribution in [3.8, 4) is 0 Å². The van der Waals surface area contributed by atoms with Crippen LogP contribution in [0.1, 0.15) is 26.2 Å². The van der Waals surface area contributed by atoms with Crippen molar-refractivity contribution >= 4 is 37.8 Å². The molecule has 4 heteroatoms. The highest BCUT2D eigenvalue weighted by atomic mass is 79.9. The van der Waals surface area contributed by atoms with Gasteiger partial charge in [0.1, 0.15) is 0 Å². The molecule has 12 heavy (non-hydrogen) atoms. The molecule has 1 fully saturated rings. The Hall–Kier alpha value is 0.430. The Balaban J connectivity index is 2.60. The van der Waals surface area contributed by atoms with Gasteiger partial charge in [-0.3, -0.25) is 4.79 Å². The SMILES string of the molecule is CCCN1CCCC(Br)(Br)C1=O. The van der Waals surface area contributed by atoms with Crippen LogP contribution in [0.2, 0.25) is 0 Å². The Kier molecular flexibility index (Phi) is 3.58. The van der Waals surface area contributed by atoms with Gasteiger partial charge >= 0.3 is 0 Å². The Bertz CT molecular complexity index is 180. The van der Waals surface area contributed by atoms with Crippen molar-refractivity contribution < 1.29 is 4.79 Å². The third kappa shape index (κ3) is 2.22. The standard InChI is InChI=1S/C8H13Br2NO/c1-2-5-11-6-3-4-8(9,10)7(11)12/h2-6H2,1H3. The third-order valence-corrected chi connectivity index (χ3v) is 3.48. The van der Waals surface area contributed by atoms with E-state index in [2.05, 4.69) is 38.8 Å². The lowest BCUT2D eigenvalue weighted by atomic mass is 10.1. The number of nitrogens with zero attached hydrogens (tertiary/aromatic N) is 1. The highest BCUT2D eigenvalue weighted by molar-refractivity contribution is 9.25. The maximum atomic E-state index is 11.7. The average molecular weight is 299 g/mol. The molecule has 0 bridgehead atoms. The van der Waals surface area contributed by atoms with Crippen LogP contribution in [0.5, 0.6) is 0 Å². The molecule has 1 aliphatic heterocycles. The molecule has 0 unspecified atom stereocenters. The maximum Gasteiger partial charge on any atom is 0.250 e. The number of hydrogen-bond acceptors (Lipinski definition) is 1. The van der Waals surface area contributed by atoms with Crippen molar-refractivity contribution in [2.24, 2.45) is 0 Å². The van der Waals surface area contributed by atoms with Crippen LogP contribution in [0.15, 0.2) is 0 Å². The number of hydrogen-bond donors (Lipinski definition) is 0. The summed E-state index contributed by atoms with van der Waals surface area (Å²) in [4.78, 5) is 13.6. The van der Waals surface area contributed by atoms with E-state index in [0.717, 1.165) is 32.4 Å². The van der Waals surface area contributed by atoms with E-state index in [1.165, 1.54) is 0 Å². The van der Waals surface area contributed by atoms with Gasteiger partial charge in [-0.05, 0) is 19.3 Å². The van der Waals surface area contributed by atoms with Gasteiger partial charge < -0.3 is 4.90 Å². The summed E-state index contributed by atoms with van der Waals surface area (Å²) in [6.45, 7) is 3.87. The van der Waals surface area contributed by atoms with Crippen LogP contribution in [0, 0.1) is 0 Å². The molecule has 1 heterocycles. The fourth-order valence-corrected chi connectivity index (χ4v) is 2.48. The summed E-state index contributed by atoms with van der Waals surface area (Å²) < 4.78 is -0.479. The van der Waals surface area contributed by atoms with Crippen molar-refractivity contribution in [2.45, 2.75) is 29.4 Å². The van der Waals surface area contributed by atoms with Gasteiger partial charge in [-0.15, -0.1) is 0 Å². The molecule has 0 aliphatic carbocycles. The largest absolute Gasteiger partial charge is 0.341 e. The molecule has 0 aromatic heterocycles. The highest BCUT2D eigenvalue weighted by Gasteiger charge is 2.38. The minimum atomic E-state index is -0.479. The van der Waals surface area contributed by atoms with Gasteiger partial charge in [0, 0.05) is 13.1 Å². The molecule has 0 atom stereocenters. The summed E-state index contributed by atoms with van der Waals surface area (Å²) in [7, 11) is 0. The van der Waals surface area contributed by atoms with Crippen LogP contribution in [0.3, 0.4) is 0 Å². The second-order valence-electron chi connectivity index (χ2n) is 3.10. The first-order chi connectivity index (χ1) is 5.58. The lowest BCUT2D eigenvalue weighted by Crippen LogP contribution is -2.46. The van der Waals surface area contributed by atoms with E-state index in [9.17, 15) is 4.79 Å². The monoisotopic (exact) mass is 297 g/mol. The number of rotatable bonds is 2. The molecule has 2 nitrogen and oxygen atoms in total. The van der Waals surface area contributed by atoms with E-state index >= 15 is 0 Å². The summed E-state index contributed by atoms with van der Waals surface area (Å²) in [5.41, 5.74) is 0. The maximum absolute atomic E-state index is 11.7. The van der Waals surface area contributed by atoms with Crippen LogP contribution in [0.4, 0.5) is 0 Å². The number of carbonyl (C=O) groups excluding carboxylic acids is 1. The quantitative estimate of drug-likeness (QED) is 0.717. The zero-order chi connectivity index (χ0) is 9.19. The second kappa shape index (κ2) is 4.09. The first kappa shape index (κ1) is 10.5. The molecule has 0 spiro atoms. The van der Waals surface area contributed by atoms with E-state index in [4.69, 9.17) is 0 Å². The van der Waals surface area contributed by atoms with Gasteiger partial charge in [0.05, 0.1) is 0 Å². The normalized spacial score (nSPS) is 22.9. The predicted octanol–water partition coefficient (Wildman–Crippen LogP) is 2.50. The van der Waals surface area contributed by atoms with Crippen LogP contribution < -0.4 is 0 Å². The number of alkyl halides is 2. The number of piperidine rings is 1. The number of likely N-dealkylation sites (tertiary alicyclic amines) is 1. The third-order valence-electron chi connectivity index (χ3n) is 2.01. The van der Waals surface area contributed by atoms with Crippen LogP contribution >= 0.6 is 31.9 Å². The zero-order valence-electron chi connectivity index (χ0n) is 7.15. The Morgan fingerprint density at radius 2 is 2.25 bits per heavy atom. The molecule has 0 saturated carbocycles. The Morgan fingerprint density at radius 1 is 1.58 bits per heavy atom. The van der Waals surface area contributed by atoms with Gasteiger partial charge in [-0.2, -0.15) is 0 Å². The molecule has 0 N–H and O–H groups in total. The number of carbonyl (C=O) groups is 1. The number of amides is 1. The minimum Gasteiger partial charge on any atom is -0.341 e. The smallest absolute Gasteiger partial charge is 0.250 e. The summed E-state index contributed by atoms with van der Waals surface area (Å²) in [6, 6.07) is 0. The van der Waals surface area contributed by atoms with Gasteiger partial charge in [-0.25, -0.2) is 0 Å². The minimum absolute atomic E-state index is 0.176. The van der Waals surface area contributed by atoms with E-state index in [0.29, 0.717) is 0 Å². The lowest BCUT2D eigenvalue weighted by Gasteiger charge is -2.34. The summed E-state index contributed by atoms with van der Waals surface area (Å²) in [5, 5.41) is 0. The van der Waals surface area contributed by atoms with Crippen LogP contribution in [0.25, 0.3) is 0 Å². The van der Waals surface area contributed by atoms with E-state index in [1.807, 2.05) is 4.90 Å². The molecule has 1 rings (SSSR count). The lowest BCUT2D eigenvalue weighted by molar-refractivity contribution is -0.133. The van der Waals surface area contributed by atoms with Gasteiger partial charge in [0.25, 0.3) is 0 Å².